The molecule has 4 aromatic rings. The van der Waals surface area contributed by atoms with Crippen molar-refractivity contribution in [2.75, 3.05) is 0 Å². The standard InChI is InChI=1S/C20H12FNO5/c21-14-6-7-16(22(24)25)18(10-14)26-11-13-9-19(23)27-17-8-5-12-3-1-2-4-15(12)20(13)17/h1-10H,11H2. The molecule has 27 heavy (non-hydrogen) atoms. The van der Waals surface area contributed by atoms with Crippen molar-refractivity contribution in [3.05, 3.63) is 92.6 Å². The van der Waals surface area contributed by atoms with Crippen LogP contribution < -0.4 is 10.4 Å². The van der Waals surface area contributed by atoms with Crippen molar-refractivity contribution in [2.24, 2.45) is 0 Å². The van der Waals surface area contributed by atoms with Crippen LogP contribution in [0.4, 0.5) is 10.1 Å². The van der Waals surface area contributed by atoms with E-state index in [9.17, 15) is 19.3 Å². The van der Waals surface area contributed by atoms with Crippen LogP contribution in [-0.4, -0.2) is 4.92 Å². The minimum atomic E-state index is -0.654. The van der Waals surface area contributed by atoms with E-state index in [2.05, 4.69) is 0 Å². The molecule has 134 valence electrons. The van der Waals surface area contributed by atoms with Gasteiger partial charge in [-0.05, 0) is 22.9 Å². The predicted molar refractivity (Wildman–Crippen MR) is 97.4 cm³/mol. The molecule has 0 aliphatic rings. The molecule has 0 unspecified atom stereocenters. The van der Waals surface area contributed by atoms with E-state index in [-0.39, 0.29) is 18.0 Å². The van der Waals surface area contributed by atoms with Crippen molar-refractivity contribution in [1.29, 1.82) is 0 Å². The minimum Gasteiger partial charge on any atom is -0.482 e. The molecule has 0 radical (unpaired) electrons. The van der Waals surface area contributed by atoms with Crippen LogP contribution >= 0.6 is 0 Å². The van der Waals surface area contributed by atoms with E-state index in [4.69, 9.17) is 9.15 Å². The number of nitro benzene ring substituents is 1. The maximum Gasteiger partial charge on any atom is 0.336 e. The first-order valence-electron chi connectivity index (χ1n) is 8.04. The fourth-order valence-electron chi connectivity index (χ4n) is 3.04. The van der Waals surface area contributed by atoms with Crippen molar-refractivity contribution in [3.63, 3.8) is 0 Å². The molecule has 0 saturated carbocycles. The Hall–Kier alpha value is -3.74. The number of hydrogen-bond acceptors (Lipinski definition) is 5. The molecular formula is C20H12FNO5. The smallest absolute Gasteiger partial charge is 0.336 e. The van der Waals surface area contributed by atoms with E-state index in [1.807, 2.05) is 30.3 Å². The molecule has 0 fully saturated rings. The third-order valence-corrected chi connectivity index (χ3v) is 4.22. The van der Waals surface area contributed by atoms with Crippen LogP contribution in [0, 0.1) is 15.9 Å². The zero-order valence-corrected chi connectivity index (χ0v) is 13.8. The fourth-order valence-corrected chi connectivity index (χ4v) is 3.04. The molecule has 0 spiro atoms. The van der Waals surface area contributed by atoms with Crippen molar-refractivity contribution >= 4 is 27.4 Å². The molecule has 0 aliphatic carbocycles. The van der Waals surface area contributed by atoms with Crippen LogP contribution in [0.1, 0.15) is 5.56 Å². The Morgan fingerprint density at radius 2 is 1.89 bits per heavy atom. The molecule has 6 nitrogen and oxygen atoms in total. The quantitative estimate of drug-likeness (QED) is 0.229. The molecule has 1 heterocycles. The second-order valence-electron chi connectivity index (χ2n) is 5.91. The number of nitro groups is 1. The lowest BCUT2D eigenvalue weighted by Gasteiger charge is -2.10. The summed E-state index contributed by atoms with van der Waals surface area (Å²) in [7, 11) is 0. The summed E-state index contributed by atoms with van der Waals surface area (Å²) < 4.78 is 24.3. The van der Waals surface area contributed by atoms with Gasteiger partial charge in [0.05, 0.1) is 4.92 Å². The maximum atomic E-state index is 13.5. The van der Waals surface area contributed by atoms with Gasteiger partial charge in [0.1, 0.15) is 18.0 Å². The number of hydrogen-bond donors (Lipinski definition) is 0. The van der Waals surface area contributed by atoms with Gasteiger partial charge in [-0.2, -0.15) is 0 Å². The first-order valence-corrected chi connectivity index (χ1v) is 8.04. The van der Waals surface area contributed by atoms with Gasteiger partial charge >= 0.3 is 11.3 Å². The lowest BCUT2D eigenvalue weighted by Crippen LogP contribution is -2.05. The van der Waals surface area contributed by atoms with Crippen LogP contribution in [-0.2, 0) is 6.61 Å². The molecule has 0 amide bonds. The Morgan fingerprint density at radius 1 is 1.07 bits per heavy atom. The summed E-state index contributed by atoms with van der Waals surface area (Å²) in [5.41, 5.74) is -0.0381. The van der Waals surface area contributed by atoms with Crippen molar-refractivity contribution < 1.29 is 18.5 Å². The number of halogens is 1. The molecule has 0 N–H and O–H groups in total. The normalized spacial score (nSPS) is 11.0. The second kappa shape index (κ2) is 6.53. The average molecular weight is 365 g/mol. The van der Waals surface area contributed by atoms with E-state index in [1.54, 1.807) is 6.07 Å². The average Bonchev–Trinajstić information content (AvgIpc) is 2.65. The third-order valence-electron chi connectivity index (χ3n) is 4.22. The summed E-state index contributed by atoms with van der Waals surface area (Å²) >= 11 is 0. The lowest BCUT2D eigenvalue weighted by atomic mass is 10.0. The van der Waals surface area contributed by atoms with Gasteiger partial charge in [-0.15, -0.1) is 0 Å². The molecule has 1 aromatic heterocycles. The van der Waals surface area contributed by atoms with Gasteiger partial charge in [-0.3, -0.25) is 10.1 Å². The summed E-state index contributed by atoms with van der Waals surface area (Å²) in [6.07, 6.45) is 0. The number of ether oxygens (including phenoxy) is 1. The fraction of sp³-hybridized carbons (Fsp3) is 0.0500. The summed E-state index contributed by atoms with van der Waals surface area (Å²) in [4.78, 5) is 22.4. The monoisotopic (exact) mass is 365 g/mol. The number of benzene rings is 3. The maximum absolute atomic E-state index is 13.5. The Kier molecular flexibility index (Phi) is 4.04. The number of fused-ring (bicyclic) bond motifs is 3. The summed E-state index contributed by atoms with van der Waals surface area (Å²) in [6.45, 7) is -0.152. The van der Waals surface area contributed by atoms with Crippen LogP contribution in [0.25, 0.3) is 21.7 Å². The SMILES string of the molecule is O=c1cc(COc2cc(F)ccc2[N+](=O)[O-])c2c(ccc3ccccc32)o1. The predicted octanol–water partition coefficient (Wildman–Crippen LogP) is 4.57. The number of rotatable bonds is 4. The zero-order valence-electron chi connectivity index (χ0n) is 13.8. The summed E-state index contributed by atoms with van der Waals surface area (Å²) in [5, 5.41) is 13.6. The highest BCUT2D eigenvalue weighted by molar-refractivity contribution is 6.07. The van der Waals surface area contributed by atoms with Crippen molar-refractivity contribution in [1.82, 2.24) is 0 Å². The minimum absolute atomic E-state index is 0.152. The molecule has 0 atom stereocenters. The Bertz CT molecular complexity index is 1250. The molecule has 0 aliphatic heterocycles. The number of nitrogens with zero attached hydrogens (tertiary/aromatic N) is 1. The van der Waals surface area contributed by atoms with Crippen molar-refractivity contribution in [2.45, 2.75) is 6.61 Å². The van der Waals surface area contributed by atoms with Gasteiger partial charge in [0.15, 0.2) is 5.75 Å². The van der Waals surface area contributed by atoms with Crippen LogP contribution in [0.5, 0.6) is 5.75 Å². The lowest BCUT2D eigenvalue weighted by molar-refractivity contribution is -0.386. The van der Waals surface area contributed by atoms with Gasteiger partial charge in [0.25, 0.3) is 0 Å². The summed E-state index contributed by atoms with van der Waals surface area (Å²) in [6, 6.07) is 15.3. The first kappa shape index (κ1) is 16.7. The van der Waals surface area contributed by atoms with Gasteiger partial charge in [0, 0.05) is 29.1 Å². The van der Waals surface area contributed by atoms with Gasteiger partial charge in [-0.25, -0.2) is 9.18 Å². The van der Waals surface area contributed by atoms with Crippen molar-refractivity contribution in [3.8, 4) is 5.75 Å². The summed E-state index contributed by atoms with van der Waals surface area (Å²) in [5.74, 6) is -0.861. The Morgan fingerprint density at radius 3 is 2.70 bits per heavy atom. The molecule has 4 rings (SSSR count). The molecule has 7 heteroatoms. The van der Waals surface area contributed by atoms with E-state index in [0.29, 0.717) is 16.5 Å². The topological polar surface area (TPSA) is 82.6 Å². The molecular weight excluding hydrogens is 353 g/mol. The van der Waals surface area contributed by atoms with E-state index >= 15 is 0 Å². The van der Waals surface area contributed by atoms with Crippen LogP contribution in [0.15, 0.2) is 69.9 Å². The second-order valence-corrected chi connectivity index (χ2v) is 5.91. The van der Waals surface area contributed by atoms with Gasteiger partial charge in [0.2, 0.25) is 0 Å². The highest BCUT2D eigenvalue weighted by atomic mass is 19.1. The Balaban J connectivity index is 1.83. The van der Waals surface area contributed by atoms with E-state index < -0.39 is 16.4 Å². The molecule has 3 aromatic carbocycles. The molecule has 0 bridgehead atoms. The highest BCUT2D eigenvalue weighted by Gasteiger charge is 2.17. The van der Waals surface area contributed by atoms with E-state index in [1.165, 1.54) is 6.07 Å². The van der Waals surface area contributed by atoms with Gasteiger partial charge in [-0.1, -0.05) is 30.3 Å². The first-order chi connectivity index (χ1) is 13.0. The third kappa shape index (κ3) is 3.10. The highest BCUT2D eigenvalue weighted by Crippen LogP contribution is 2.31. The van der Waals surface area contributed by atoms with Crippen LogP contribution in [0.3, 0.4) is 0 Å². The van der Waals surface area contributed by atoms with E-state index in [0.717, 1.165) is 29.0 Å². The van der Waals surface area contributed by atoms with Gasteiger partial charge < -0.3 is 9.15 Å². The van der Waals surface area contributed by atoms with Crippen LogP contribution in [0.2, 0.25) is 0 Å². The zero-order chi connectivity index (χ0) is 19.0. The molecule has 0 saturated heterocycles. The Labute approximate surface area is 151 Å². The largest absolute Gasteiger partial charge is 0.482 e.